The van der Waals surface area contributed by atoms with Crippen molar-refractivity contribution in [2.75, 3.05) is 0 Å². The van der Waals surface area contributed by atoms with Gasteiger partial charge in [-0.05, 0) is 24.3 Å². The Hall–Kier alpha value is -2.48. The Morgan fingerprint density at radius 1 is 1.11 bits per heavy atom. The number of alkyl halides is 3. The third-order valence-corrected chi connectivity index (χ3v) is 2.26. The molecule has 0 bridgehead atoms. The van der Waals surface area contributed by atoms with E-state index in [2.05, 4.69) is 15.6 Å². The number of nitrogens with zero attached hydrogens (tertiary/aromatic N) is 1. The van der Waals surface area contributed by atoms with E-state index in [1.807, 2.05) is 0 Å². The molecular formula is C14H8F3NO. The Labute approximate surface area is 107 Å². The predicted octanol–water partition coefficient (Wildman–Crippen LogP) is 3.63. The van der Waals surface area contributed by atoms with Crippen molar-refractivity contribution < 1.29 is 17.9 Å². The number of hydrogen-bond acceptors (Lipinski definition) is 2. The number of pyridine rings is 1. The second-order valence-electron chi connectivity index (χ2n) is 3.63. The second kappa shape index (κ2) is 5.02. The maximum Gasteiger partial charge on any atom is 0.573 e. The van der Waals surface area contributed by atoms with Gasteiger partial charge in [0.2, 0.25) is 0 Å². The van der Waals surface area contributed by atoms with Gasteiger partial charge in [-0.1, -0.05) is 24.1 Å². The molecule has 0 aliphatic rings. The predicted molar refractivity (Wildman–Crippen MR) is 64.3 cm³/mol. The van der Waals surface area contributed by atoms with E-state index >= 15 is 0 Å². The van der Waals surface area contributed by atoms with Crippen LogP contribution in [0, 0.1) is 12.3 Å². The summed E-state index contributed by atoms with van der Waals surface area (Å²) < 4.78 is 40.2. The second-order valence-corrected chi connectivity index (χ2v) is 3.63. The molecule has 1 aromatic carbocycles. The Morgan fingerprint density at radius 3 is 2.53 bits per heavy atom. The van der Waals surface area contributed by atoms with Crippen molar-refractivity contribution in [3.05, 3.63) is 48.2 Å². The SMILES string of the molecule is C#Cc1cccc(-c2cccc(OC(F)(F)F)c2)n1. The minimum Gasteiger partial charge on any atom is -0.406 e. The topological polar surface area (TPSA) is 22.1 Å². The van der Waals surface area contributed by atoms with Crippen molar-refractivity contribution in [2.24, 2.45) is 0 Å². The third kappa shape index (κ3) is 3.49. The van der Waals surface area contributed by atoms with Gasteiger partial charge in [-0.3, -0.25) is 0 Å². The molecule has 0 amide bonds. The van der Waals surface area contributed by atoms with Crippen LogP contribution >= 0.6 is 0 Å². The summed E-state index contributed by atoms with van der Waals surface area (Å²) in [6.45, 7) is 0. The first kappa shape index (κ1) is 13.0. The molecule has 0 spiro atoms. The largest absolute Gasteiger partial charge is 0.573 e. The fourth-order valence-corrected chi connectivity index (χ4v) is 1.53. The lowest BCUT2D eigenvalue weighted by molar-refractivity contribution is -0.274. The molecule has 0 fully saturated rings. The van der Waals surface area contributed by atoms with Gasteiger partial charge in [-0.2, -0.15) is 0 Å². The smallest absolute Gasteiger partial charge is 0.406 e. The molecule has 2 nitrogen and oxygen atoms in total. The molecule has 0 unspecified atom stereocenters. The zero-order valence-corrected chi connectivity index (χ0v) is 9.61. The minimum atomic E-state index is -4.72. The molecule has 0 N–H and O–H groups in total. The van der Waals surface area contributed by atoms with Crippen LogP contribution in [0.2, 0.25) is 0 Å². The fraction of sp³-hybridized carbons (Fsp3) is 0.0714. The van der Waals surface area contributed by atoms with Gasteiger partial charge in [0.1, 0.15) is 11.4 Å². The third-order valence-electron chi connectivity index (χ3n) is 2.26. The van der Waals surface area contributed by atoms with Crippen molar-refractivity contribution in [3.8, 4) is 29.4 Å². The van der Waals surface area contributed by atoms with E-state index in [1.54, 1.807) is 24.3 Å². The Kier molecular flexibility index (Phi) is 3.43. The zero-order valence-electron chi connectivity index (χ0n) is 9.61. The summed E-state index contributed by atoms with van der Waals surface area (Å²) in [4.78, 5) is 4.13. The van der Waals surface area contributed by atoms with Crippen LogP contribution in [-0.2, 0) is 0 Å². The van der Waals surface area contributed by atoms with Gasteiger partial charge in [-0.15, -0.1) is 19.6 Å². The molecule has 0 saturated heterocycles. The molecule has 2 rings (SSSR count). The lowest BCUT2D eigenvalue weighted by atomic mass is 10.1. The van der Waals surface area contributed by atoms with E-state index < -0.39 is 6.36 Å². The molecule has 19 heavy (non-hydrogen) atoms. The highest BCUT2D eigenvalue weighted by Gasteiger charge is 2.31. The molecule has 0 saturated carbocycles. The Balaban J connectivity index is 2.35. The van der Waals surface area contributed by atoms with Crippen LogP contribution in [0.5, 0.6) is 5.75 Å². The van der Waals surface area contributed by atoms with E-state index in [9.17, 15) is 13.2 Å². The number of benzene rings is 1. The lowest BCUT2D eigenvalue weighted by Gasteiger charge is -2.09. The average molecular weight is 263 g/mol. The summed E-state index contributed by atoms with van der Waals surface area (Å²) in [6.07, 6.45) is 0.508. The van der Waals surface area contributed by atoms with Crippen LogP contribution in [0.25, 0.3) is 11.3 Å². The van der Waals surface area contributed by atoms with Gasteiger partial charge in [0.05, 0.1) is 5.69 Å². The number of ether oxygens (including phenoxy) is 1. The molecule has 0 radical (unpaired) electrons. The van der Waals surface area contributed by atoms with E-state index in [4.69, 9.17) is 6.42 Å². The number of aromatic nitrogens is 1. The molecule has 5 heteroatoms. The van der Waals surface area contributed by atoms with Gasteiger partial charge < -0.3 is 4.74 Å². The number of halogens is 3. The quantitative estimate of drug-likeness (QED) is 0.772. The summed E-state index contributed by atoms with van der Waals surface area (Å²) in [7, 11) is 0. The first-order valence-electron chi connectivity index (χ1n) is 5.28. The number of rotatable bonds is 2. The number of terminal acetylenes is 1. The summed E-state index contributed by atoms with van der Waals surface area (Å²) >= 11 is 0. The summed E-state index contributed by atoms with van der Waals surface area (Å²) in [6, 6.07) is 10.6. The van der Waals surface area contributed by atoms with Crippen molar-refractivity contribution in [2.45, 2.75) is 6.36 Å². The highest BCUT2D eigenvalue weighted by Crippen LogP contribution is 2.27. The van der Waals surface area contributed by atoms with Crippen molar-refractivity contribution in [1.29, 1.82) is 0 Å². The highest BCUT2D eigenvalue weighted by molar-refractivity contribution is 5.61. The first-order chi connectivity index (χ1) is 8.98. The summed E-state index contributed by atoms with van der Waals surface area (Å²) in [5.74, 6) is 2.07. The van der Waals surface area contributed by atoms with E-state index in [0.717, 1.165) is 0 Å². The first-order valence-corrected chi connectivity index (χ1v) is 5.28. The lowest BCUT2D eigenvalue weighted by Crippen LogP contribution is -2.17. The highest BCUT2D eigenvalue weighted by atomic mass is 19.4. The van der Waals surface area contributed by atoms with Gasteiger partial charge in [0, 0.05) is 5.56 Å². The molecule has 0 atom stereocenters. The maximum absolute atomic E-state index is 12.1. The van der Waals surface area contributed by atoms with Gasteiger partial charge in [0.25, 0.3) is 0 Å². The van der Waals surface area contributed by atoms with E-state index in [0.29, 0.717) is 17.0 Å². The van der Waals surface area contributed by atoms with Crippen molar-refractivity contribution >= 4 is 0 Å². The Morgan fingerprint density at radius 2 is 1.84 bits per heavy atom. The molecule has 96 valence electrons. The van der Waals surface area contributed by atoms with E-state index in [-0.39, 0.29) is 5.75 Å². The van der Waals surface area contributed by atoms with Crippen LogP contribution in [-0.4, -0.2) is 11.3 Å². The van der Waals surface area contributed by atoms with Crippen LogP contribution in [0.15, 0.2) is 42.5 Å². The van der Waals surface area contributed by atoms with Crippen molar-refractivity contribution in [3.63, 3.8) is 0 Å². The fourth-order valence-electron chi connectivity index (χ4n) is 1.53. The maximum atomic E-state index is 12.1. The Bertz CT molecular complexity index is 629. The van der Waals surface area contributed by atoms with Crippen LogP contribution in [0.1, 0.15) is 5.69 Å². The van der Waals surface area contributed by atoms with Gasteiger partial charge in [0.15, 0.2) is 0 Å². The summed E-state index contributed by atoms with van der Waals surface area (Å²) in [5.41, 5.74) is 1.40. The molecule has 1 aromatic heterocycles. The van der Waals surface area contributed by atoms with Crippen molar-refractivity contribution in [1.82, 2.24) is 4.98 Å². The van der Waals surface area contributed by atoms with Gasteiger partial charge in [-0.25, -0.2) is 4.98 Å². The van der Waals surface area contributed by atoms with Crippen LogP contribution in [0.3, 0.4) is 0 Å². The standard InChI is InChI=1S/C14H8F3NO/c1-2-11-6-4-8-13(18-11)10-5-3-7-12(9-10)19-14(15,16)17/h1,3-9H. The average Bonchev–Trinajstić information content (AvgIpc) is 2.37. The molecule has 2 aromatic rings. The van der Waals surface area contributed by atoms with Crippen LogP contribution < -0.4 is 4.74 Å². The normalized spacial score (nSPS) is 10.8. The number of hydrogen-bond donors (Lipinski definition) is 0. The minimum absolute atomic E-state index is 0.294. The summed E-state index contributed by atoms with van der Waals surface area (Å²) in [5, 5.41) is 0. The molecule has 1 heterocycles. The van der Waals surface area contributed by atoms with Gasteiger partial charge >= 0.3 is 6.36 Å². The van der Waals surface area contributed by atoms with Crippen LogP contribution in [0.4, 0.5) is 13.2 Å². The molecule has 0 aliphatic heterocycles. The monoisotopic (exact) mass is 263 g/mol. The molecule has 0 aliphatic carbocycles. The zero-order chi connectivity index (χ0) is 13.9. The molecular weight excluding hydrogens is 255 g/mol. The van der Waals surface area contributed by atoms with E-state index in [1.165, 1.54) is 18.2 Å².